The van der Waals surface area contributed by atoms with Crippen molar-refractivity contribution in [3.8, 4) is 0 Å². The number of aliphatic imine (C=N–C) groups is 1. The highest BCUT2D eigenvalue weighted by atomic mass is 16.7. The summed E-state index contributed by atoms with van der Waals surface area (Å²) in [5, 5.41) is 4.75. The molecule has 0 amide bonds. The molecule has 0 aliphatic heterocycles. The topological polar surface area (TPSA) is 77.2 Å². The van der Waals surface area contributed by atoms with Crippen LogP contribution >= 0.6 is 0 Å². The maximum atomic E-state index is 13.4. The molecule has 194 valence electrons. The number of rotatable bonds is 6. The van der Waals surface area contributed by atoms with Crippen LogP contribution in [0.5, 0.6) is 0 Å². The molecule has 0 saturated carbocycles. The lowest BCUT2D eigenvalue weighted by atomic mass is 9.96. The molecule has 0 bridgehead atoms. The Morgan fingerprint density at radius 2 is 1.53 bits per heavy atom. The lowest BCUT2D eigenvalue weighted by molar-refractivity contribution is -0.478. The first-order chi connectivity index (χ1) is 16.9. The molecular formula is C28H40N5O3+. The molecule has 1 atom stereocenters. The standard InChI is InChI=1S/C28H40N5O3/c1-19(2)29-27(30-20(3)4)33(28(31(6)7)32(8)9)36-26(35)21(5)23-16-13-17-24(18-23)25(34)22-14-11-10-12-15-22/h10-21H,1-9H3,(H,29,30)/q+1. The number of nitrogens with zero attached hydrogens (tertiary/aromatic N) is 4. The van der Waals surface area contributed by atoms with E-state index in [0.29, 0.717) is 28.6 Å². The SMILES string of the molecule is CC(C)N=C(NC(C)C)N(OC(=O)C(C)c1cccc(C(=O)c2ccccc2)c1)C(N(C)C)=[N+](C)C. The van der Waals surface area contributed by atoms with Crippen LogP contribution in [0.2, 0.25) is 0 Å². The number of nitrogens with one attached hydrogen (secondary N) is 1. The molecule has 1 unspecified atom stereocenters. The quantitative estimate of drug-likeness (QED) is 0.217. The highest BCUT2D eigenvalue weighted by molar-refractivity contribution is 6.09. The van der Waals surface area contributed by atoms with Crippen LogP contribution < -0.4 is 5.32 Å². The van der Waals surface area contributed by atoms with E-state index in [1.165, 1.54) is 5.06 Å². The number of hydrogen-bond donors (Lipinski definition) is 1. The summed E-state index contributed by atoms with van der Waals surface area (Å²) < 4.78 is 1.86. The Hall–Kier alpha value is -3.68. The third kappa shape index (κ3) is 7.66. The first-order valence-electron chi connectivity index (χ1n) is 12.2. The Balaban J connectivity index is 2.41. The van der Waals surface area contributed by atoms with Crippen molar-refractivity contribution in [3.63, 3.8) is 0 Å². The fourth-order valence-corrected chi connectivity index (χ4v) is 3.60. The summed E-state index contributed by atoms with van der Waals surface area (Å²) in [5.74, 6) is -0.131. The number of guanidine groups is 2. The van der Waals surface area contributed by atoms with Crippen molar-refractivity contribution in [2.45, 2.75) is 52.6 Å². The molecule has 0 aliphatic carbocycles. The van der Waals surface area contributed by atoms with Crippen LogP contribution in [0.15, 0.2) is 59.6 Å². The normalized spacial score (nSPS) is 12.2. The van der Waals surface area contributed by atoms with E-state index >= 15 is 0 Å². The van der Waals surface area contributed by atoms with E-state index in [9.17, 15) is 9.59 Å². The molecule has 0 heterocycles. The average molecular weight is 495 g/mol. The van der Waals surface area contributed by atoms with Gasteiger partial charge in [-0.15, -0.1) is 0 Å². The molecule has 0 saturated heterocycles. The van der Waals surface area contributed by atoms with Crippen molar-refractivity contribution in [2.75, 3.05) is 28.2 Å². The monoisotopic (exact) mass is 494 g/mol. The number of carbonyl (C=O) groups is 2. The molecule has 2 aromatic carbocycles. The second-order valence-corrected chi connectivity index (χ2v) is 9.68. The van der Waals surface area contributed by atoms with E-state index in [2.05, 4.69) is 5.32 Å². The van der Waals surface area contributed by atoms with Gasteiger partial charge in [-0.2, -0.15) is 0 Å². The summed E-state index contributed by atoms with van der Waals surface area (Å²) in [6, 6.07) is 16.2. The Kier molecular flexibility index (Phi) is 10.2. The van der Waals surface area contributed by atoms with Gasteiger partial charge in [0.15, 0.2) is 5.78 Å². The fourth-order valence-electron chi connectivity index (χ4n) is 3.60. The predicted molar refractivity (Wildman–Crippen MR) is 144 cm³/mol. The van der Waals surface area contributed by atoms with Crippen molar-refractivity contribution in [2.24, 2.45) is 4.99 Å². The molecule has 2 rings (SSSR count). The molecule has 36 heavy (non-hydrogen) atoms. The van der Waals surface area contributed by atoms with Gasteiger partial charge >= 0.3 is 17.9 Å². The molecule has 2 aromatic rings. The van der Waals surface area contributed by atoms with E-state index in [1.54, 1.807) is 37.3 Å². The van der Waals surface area contributed by atoms with Gasteiger partial charge in [-0.25, -0.2) is 9.79 Å². The average Bonchev–Trinajstić information content (AvgIpc) is 2.81. The number of benzene rings is 2. The minimum absolute atomic E-state index is 0.0314. The maximum Gasteiger partial charge on any atom is 0.395 e. The van der Waals surface area contributed by atoms with Gasteiger partial charge in [0.1, 0.15) is 0 Å². The minimum Gasteiger partial charge on any atom is -0.338 e. The predicted octanol–water partition coefficient (Wildman–Crippen LogP) is 3.73. The van der Waals surface area contributed by atoms with Crippen LogP contribution in [0, 0.1) is 0 Å². The van der Waals surface area contributed by atoms with Crippen molar-refractivity contribution in [1.82, 2.24) is 15.3 Å². The Morgan fingerprint density at radius 1 is 0.917 bits per heavy atom. The third-order valence-corrected chi connectivity index (χ3v) is 5.19. The highest BCUT2D eigenvalue weighted by Crippen LogP contribution is 2.21. The van der Waals surface area contributed by atoms with Gasteiger partial charge < -0.3 is 5.32 Å². The second-order valence-electron chi connectivity index (χ2n) is 9.68. The zero-order chi connectivity index (χ0) is 27.0. The van der Waals surface area contributed by atoms with Crippen LogP contribution in [0.4, 0.5) is 0 Å². The van der Waals surface area contributed by atoms with E-state index < -0.39 is 11.9 Å². The van der Waals surface area contributed by atoms with Gasteiger partial charge in [0, 0.05) is 23.2 Å². The fraction of sp³-hybridized carbons (Fsp3) is 0.429. The van der Waals surface area contributed by atoms with Gasteiger partial charge in [-0.05, 0) is 51.3 Å². The van der Waals surface area contributed by atoms with Crippen LogP contribution in [-0.4, -0.2) is 78.5 Å². The summed E-state index contributed by atoms with van der Waals surface area (Å²) in [6.45, 7) is 9.69. The summed E-state index contributed by atoms with van der Waals surface area (Å²) >= 11 is 0. The first-order valence-corrected chi connectivity index (χ1v) is 12.2. The molecule has 0 radical (unpaired) electrons. The molecule has 0 spiro atoms. The summed E-state index contributed by atoms with van der Waals surface area (Å²) in [4.78, 5) is 38.9. The number of hydroxylamine groups is 2. The van der Waals surface area contributed by atoms with Crippen molar-refractivity contribution >= 4 is 23.7 Å². The second kappa shape index (κ2) is 12.9. The minimum atomic E-state index is -0.624. The number of ketones is 1. The van der Waals surface area contributed by atoms with Gasteiger partial charge in [0.25, 0.3) is 0 Å². The first kappa shape index (κ1) is 28.6. The Morgan fingerprint density at radius 3 is 2.06 bits per heavy atom. The lowest BCUT2D eigenvalue weighted by Gasteiger charge is -2.26. The third-order valence-electron chi connectivity index (χ3n) is 5.19. The van der Waals surface area contributed by atoms with Crippen molar-refractivity contribution < 1.29 is 19.0 Å². The molecular weight excluding hydrogens is 454 g/mol. The van der Waals surface area contributed by atoms with Gasteiger partial charge in [0.2, 0.25) is 0 Å². The molecule has 1 N–H and O–H groups in total. The summed E-state index contributed by atoms with van der Waals surface area (Å²) in [7, 11) is 7.50. The van der Waals surface area contributed by atoms with Gasteiger partial charge in [-0.3, -0.25) is 19.1 Å². The molecule has 8 heteroatoms. The smallest absolute Gasteiger partial charge is 0.338 e. The van der Waals surface area contributed by atoms with Crippen LogP contribution in [-0.2, 0) is 9.63 Å². The van der Waals surface area contributed by atoms with Crippen molar-refractivity contribution in [1.29, 1.82) is 0 Å². The van der Waals surface area contributed by atoms with Crippen LogP contribution in [0.25, 0.3) is 0 Å². The van der Waals surface area contributed by atoms with E-state index in [1.807, 2.05) is 89.6 Å². The van der Waals surface area contributed by atoms with Crippen molar-refractivity contribution in [3.05, 3.63) is 71.3 Å². The number of hydrogen-bond acceptors (Lipinski definition) is 4. The Bertz CT molecular complexity index is 1100. The van der Waals surface area contributed by atoms with E-state index in [-0.39, 0.29) is 17.9 Å². The van der Waals surface area contributed by atoms with E-state index in [4.69, 9.17) is 9.83 Å². The van der Waals surface area contributed by atoms with Crippen LogP contribution in [0.3, 0.4) is 0 Å². The summed E-state index contributed by atoms with van der Waals surface area (Å²) in [6.07, 6.45) is 0. The molecule has 0 aromatic heterocycles. The van der Waals surface area contributed by atoms with E-state index in [0.717, 1.165) is 0 Å². The molecule has 0 aliphatic rings. The molecule has 0 fully saturated rings. The largest absolute Gasteiger partial charge is 0.395 e. The van der Waals surface area contributed by atoms with Crippen LogP contribution in [0.1, 0.15) is 62.0 Å². The zero-order valence-electron chi connectivity index (χ0n) is 22.9. The maximum absolute atomic E-state index is 13.4. The zero-order valence-corrected chi connectivity index (χ0v) is 22.9. The summed E-state index contributed by atoms with van der Waals surface area (Å²) in [5.41, 5.74) is 1.81. The highest BCUT2D eigenvalue weighted by Gasteiger charge is 2.35. The van der Waals surface area contributed by atoms with Gasteiger partial charge in [-0.1, -0.05) is 48.5 Å². The number of carbonyl (C=O) groups excluding carboxylic acids is 2. The lowest BCUT2D eigenvalue weighted by Crippen LogP contribution is -2.55. The Labute approximate surface area is 215 Å². The van der Waals surface area contributed by atoms with Gasteiger partial charge in [0.05, 0.1) is 34.1 Å². The molecule has 8 nitrogen and oxygen atoms in total.